The minimum absolute atomic E-state index is 0.0125. The number of aliphatic hydroxyl groups is 1. The van der Waals surface area contributed by atoms with Crippen LogP contribution in [0.3, 0.4) is 0 Å². The van der Waals surface area contributed by atoms with Crippen molar-refractivity contribution in [3.8, 4) is 5.75 Å². The van der Waals surface area contributed by atoms with E-state index in [2.05, 4.69) is 10.1 Å². The highest BCUT2D eigenvalue weighted by atomic mass is 19.3. The Balaban J connectivity index is 2.72. The molecule has 0 aliphatic carbocycles. The summed E-state index contributed by atoms with van der Waals surface area (Å²) >= 11 is 0. The highest BCUT2D eigenvalue weighted by Crippen LogP contribution is 2.21. The molecule has 1 atom stereocenters. The van der Waals surface area contributed by atoms with E-state index in [1.165, 1.54) is 6.07 Å². The molecule has 0 spiro atoms. The molecule has 1 aromatic carbocycles. The summed E-state index contributed by atoms with van der Waals surface area (Å²) in [5, 5.41) is 12.4. The minimum atomic E-state index is -2.83. The first kappa shape index (κ1) is 14.9. The van der Waals surface area contributed by atoms with Gasteiger partial charge in [-0.05, 0) is 19.4 Å². The first-order valence-corrected chi connectivity index (χ1v) is 5.89. The van der Waals surface area contributed by atoms with E-state index >= 15 is 0 Å². The summed E-state index contributed by atoms with van der Waals surface area (Å²) in [5.41, 5.74) is 0.226. The second-order valence-electron chi connectivity index (χ2n) is 4.41. The highest BCUT2D eigenvalue weighted by molar-refractivity contribution is 5.33. The first-order valence-electron chi connectivity index (χ1n) is 5.89. The van der Waals surface area contributed by atoms with Crippen molar-refractivity contribution in [2.45, 2.75) is 39.0 Å². The third-order valence-electron chi connectivity index (χ3n) is 3.02. The summed E-state index contributed by atoms with van der Waals surface area (Å²) < 4.78 is 28.9. The van der Waals surface area contributed by atoms with Crippen molar-refractivity contribution in [2.75, 3.05) is 6.61 Å². The molecule has 2 N–H and O–H groups in total. The van der Waals surface area contributed by atoms with Crippen molar-refractivity contribution in [1.82, 2.24) is 5.32 Å². The molecular weight excluding hydrogens is 240 g/mol. The topological polar surface area (TPSA) is 41.5 Å². The summed E-state index contributed by atoms with van der Waals surface area (Å²) in [6, 6.07) is 6.63. The van der Waals surface area contributed by atoms with Gasteiger partial charge in [0.2, 0.25) is 0 Å². The molecule has 0 fully saturated rings. The standard InChI is InChI=1S/C13H19F2NO2/c1-3-13(2,9-17)16-8-10-6-4-5-7-11(10)18-12(14)15/h4-7,12,16-17H,3,8-9H2,1-2H3. The number of para-hydroxylation sites is 1. The molecule has 0 saturated heterocycles. The number of halogens is 2. The van der Waals surface area contributed by atoms with Crippen LogP contribution in [0.25, 0.3) is 0 Å². The van der Waals surface area contributed by atoms with Gasteiger partial charge in [0.25, 0.3) is 0 Å². The van der Waals surface area contributed by atoms with Gasteiger partial charge in [0.1, 0.15) is 5.75 Å². The van der Waals surface area contributed by atoms with Crippen molar-refractivity contribution in [2.24, 2.45) is 0 Å². The molecule has 0 aliphatic rings. The van der Waals surface area contributed by atoms with Crippen LogP contribution >= 0.6 is 0 Å². The molecular formula is C13H19F2NO2. The fourth-order valence-electron chi connectivity index (χ4n) is 1.46. The van der Waals surface area contributed by atoms with Crippen LogP contribution in [0.4, 0.5) is 8.78 Å². The molecule has 18 heavy (non-hydrogen) atoms. The summed E-state index contributed by atoms with van der Waals surface area (Å²) in [6.45, 7) is 1.35. The van der Waals surface area contributed by atoms with Crippen LogP contribution < -0.4 is 10.1 Å². The molecule has 1 rings (SSSR count). The van der Waals surface area contributed by atoms with Gasteiger partial charge in [-0.2, -0.15) is 8.78 Å². The van der Waals surface area contributed by atoms with Crippen molar-refractivity contribution in [1.29, 1.82) is 0 Å². The Hall–Kier alpha value is -1.20. The third kappa shape index (κ3) is 4.23. The summed E-state index contributed by atoms with van der Waals surface area (Å²) in [7, 11) is 0. The third-order valence-corrected chi connectivity index (χ3v) is 3.02. The summed E-state index contributed by atoms with van der Waals surface area (Å²) in [4.78, 5) is 0. The van der Waals surface area contributed by atoms with Gasteiger partial charge >= 0.3 is 6.61 Å². The fraction of sp³-hybridized carbons (Fsp3) is 0.538. The van der Waals surface area contributed by atoms with E-state index in [1.807, 2.05) is 13.8 Å². The predicted octanol–water partition coefficient (Wildman–Crippen LogP) is 2.54. The number of aliphatic hydroxyl groups excluding tert-OH is 1. The Kier molecular flexibility index (Phi) is 5.50. The van der Waals surface area contributed by atoms with Crippen LogP contribution in [0.2, 0.25) is 0 Å². The number of nitrogens with one attached hydrogen (secondary N) is 1. The molecule has 0 bridgehead atoms. The molecule has 0 aliphatic heterocycles. The number of alkyl halides is 2. The summed E-state index contributed by atoms with van der Waals surface area (Å²) in [6.07, 6.45) is 0.737. The molecule has 0 saturated carbocycles. The lowest BCUT2D eigenvalue weighted by Crippen LogP contribution is -2.44. The molecule has 0 radical (unpaired) electrons. The van der Waals surface area contributed by atoms with E-state index in [4.69, 9.17) is 0 Å². The van der Waals surface area contributed by atoms with Gasteiger partial charge in [0, 0.05) is 17.6 Å². The first-order chi connectivity index (χ1) is 8.50. The van der Waals surface area contributed by atoms with Gasteiger partial charge in [-0.15, -0.1) is 0 Å². The fourth-order valence-corrected chi connectivity index (χ4v) is 1.46. The zero-order valence-electron chi connectivity index (χ0n) is 10.6. The van der Waals surface area contributed by atoms with Gasteiger partial charge < -0.3 is 15.2 Å². The molecule has 0 aromatic heterocycles. The molecule has 3 nitrogen and oxygen atoms in total. The molecule has 5 heteroatoms. The van der Waals surface area contributed by atoms with Crippen LogP contribution in [-0.4, -0.2) is 23.9 Å². The van der Waals surface area contributed by atoms with Gasteiger partial charge in [0.05, 0.1) is 6.61 Å². The van der Waals surface area contributed by atoms with Gasteiger partial charge in [-0.1, -0.05) is 25.1 Å². The maximum Gasteiger partial charge on any atom is 0.387 e. The average Bonchev–Trinajstić information content (AvgIpc) is 2.37. The van der Waals surface area contributed by atoms with Crippen molar-refractivity contribution >= 4 is 0 Å². The zero-order chi connectivity index (χ0) is 13.6. The van der Waals surface area contributed by atoms with Crippen LogP contribution in [0.5, 0.6) is 5.75 Å². The normalized spacial score (nSPS) is 14.6. The molecule has 1 aromatic rings. The maximum atomic E-state index is 12.2. The maximum absolute atomic E-state index is 12.2. The van der Waals surface area contributed by atoms with Gasteiger partial charge in [-0.3, -0.25) is 0 Å². The van der Waals surface area contributed by atoms with E-state index in [0.717, 1.165) is 6.42 Å². The monoisotopic (exact) mass is 259 g/mol. The Morgan fingerprint density at radius 2 is 2.06 bits per heavy atom. The van der Waals surface area contributed by atoms with E-state index in [0.29, 0.717) is 12.1 Å². The van der Waals surface area contributed by atoms with Crippen molar-refractivity contribution < 1.29 is 18.6 Å². The van der Waals surface area contributed by atoms with E-state index in [1.54, 1.807) is 18.2 Å². The van der Waals surface area contributed by atoms with Gasteiger partial charge in [-0.25, -0.2) is 0 Å². The zero-order valence-corrected chi connectivity index (χ0v) is 10.6. The lowest BCUT2D eigenvalue weighted by Gasteiger charge is -2.27. The second kappa shape index (κ2) is 6.66. The lowest BCUT2D eigenvalue weighted by atomic mass is 10.00. The average molecular weight is 259 g/mol. The smallest absolute Gasteiger partial charge is 0.387 e. The van der Waals surface area contributed by atoms with E-state index in [9.17, 15) is 13.9 Å². The Bertz CT molecular complexity index is 368. The van der Waals surface area contributed by atoms with Crippen molar-refractivity contribution in [3.63, 3.8) is 0 Å². The molecule has 1 unspecified atom stereocenters. The highest BCUT2D eigenvalue weighted by Gasteiger charge is 2.20. The number of rotatable bonds is 7. The van der Waals surface area contributed by atoms with Crippen molar-refractivity contribution in [3.05, 3.63) is 29.8 Å². The SMILES string of the molecule is CCC(C)(CO)NCc1ccccc1OC(F)F. The van der Waals surface area contributed by atoms with Crippen LogP contribution in [0.1, 0.15) is 25.8 Å². The van der Waals surface area contributed by atoms with Gasteiger partial charge in [0.15, 0.2) is 0 Å². The summed E-state index contributed by atoms with van der Waals surface area (Å²) in [5.74, 6) is 0.163. The Morgan fingerprint density at radius 1 is 1.39 bits per heavy atom. The van der Waals surface area contributed by atoms with E-state index < -0.39 is 12.2 Å². The number of benzene rings is 1. The molecule has 0 amide bonds. The van der Waals surface area contributed by atoms with Crippen LogP contribution in [0, 0.1) is 0 Å². The lowest BCUT2D eigenvalue weighted by molar-refractivity contribution is -0.0505. The largest absolute Gasteiger partial charge is 0.434 e. The minimum Gasteiger partial charge on any atom is -0.434 e. The van der Waals surface area contributed by atoms with Crippen LogP contribution in [-0.2, 0) is 6.54 Å². The number of hydrogen-bond donors (Lipinski definition) is 2. The van der Waals surface area contributed by atoms with Crippen LogP contribution in [0.15, 0.2) is 24.3 Å². The molecule has 0 heterocycles. The number of hydrogen-bond acceptors (Lipinski definition) is 3. The second-order valence-corrected chi connectivity index (χ2v) is 4.41. The number of ether oxygens (including phenoxy) is 1. The molecule has 102 valence electrons. The quantitative estimate of drug-likeness (QED) is 0.790. The Labute approximate surface area is 106 Å². The van der Waals surface area contributed by atoms with E-state index in [-0.39, 0.29) is 12.4 Å². The Morgan fingerprint density at radius 3 is 2.61 bits per heavy atom. The predicted molar refractivity (Wildman–Crippen MR) is 65.7 cm³/mol.